The molecule has 0 aromatic carbocycles. The smallest absolute Gasteiger partial charge is 0.223 e. The van der Waals surface area contributed by atoms with Crippen LogP contribution in [0, 0.1) is 0 Å². The highest BCUT2D eigenvalue weighted by atomic mass is 79.9. The summed E-state index contributed by atoms with van der Waals surface area (Å²) in [7, 11) is 3.45. The monoisotopic (exact) mass is 287 g/mol. The molecule has 0 saturated carbocycles. The van der Waals surface area contributed by atoms with Crippen molar-refractivity contribution in [1.82, 2.24) is 14.9 Å². The van der Waals surface area contributed by atoms with E-state index in [0.717, 1.165) is 0 Å². The topological polar surface area (TPSA) is 84.1 Å². The summed E-state index contributed by atoms with van der Waals surface area (Å²) in [6.07, 6.45) is 1.78. The molecule has 0 aliphatic heterocycles. The lowest BCUT2D eigenvalue weighted by Gasteiger charge is -2.11. The zero-order valence-electron chi connectivity index (χ0n) is 9.20. The van der Waals surface area contributed by atoms with E-state index >= 15 is 0 Å². The van der Waals surface area contributed by atoms with Crippen LogP contribution < -0.4 is 11.1 Å². The number of nitrogens with one attached hydrogen (secondary N) is 1. The molecule has 0 bridgehead atoms. The molecule has 3 N–H and O–H groups in total. The Hall–Kier alpha value is -1.37. The number of carbonyl (C=O) groups excluding carboxylic acids is 1. The normalized spacial score (nSPS) is 9.94. The van der Waals surface area contributed by atoms with Crippen LogP contribution in [0.3, 0.4) is 0 Å². The molecule has 16 heavy (non-hydrogen) atoms. The predicted octanol–water partition coefficient (Wildman–Crippen LogP) is 0.711. The Morgan fingerprint density at radius 1 is 1.56 bits per heavy atom. The second-order valence-corrected chi connectivity index (χ2v) is 4.18. The molecule has 0 saturated heterocycles. The van der Waals surface area contributed by atoms with Crippen molar-refractivity contribution in [2.45, 2.75) is 6.42 Å². The maximum Gasteiger partial charge on any atom is 0.223 e. The lowest BCUT2D eigenvalue weighted by molar-refractivity contribution is -0.128. The highest BCUT2D eigenvalue weighted by Crippen LogP contribution is 2.23. The van der Waals surface area contributed by atoms with Gasteiger partial charge in [-0.2, -0.15) is 0 Å². The number of halogens is 1. The van der Waals surface area contributed by atoms with E-state index in [1.807, 2.05) is 0 Å². The van der Waals surface area contributed by atoms with E-state index in [1.54, 1.807) is 19.0 Å². The van der Waals surface area contributed by atoms with E-state index in [1.165, 1.54) is 6.33 Å². The number of nitrogens with two attached hydrogens (primary N) is 1. The van der Waals surface area contributed by atoms with Crippen molar-refractivity contribution in [2.24, 2.45) is 0 Å². The second kappa shape index (κ2) is 5.64. The van der Waals surface area contributed by atoms with Crippen LogP contribution in [0.2, 0.25) is 0 Å². The number of anilines is 2. The largest absolute Gasteiger partial charge is 0.383 e. The Labute approximate surface area is 102 Å². The number of amides is 1. The number of nitrogens with zero attached hydrogens (tertiary/aromatic N) is 3. The van der Waals surface area contributed by atoms with Gasteiger partial charge in [0.1, 0.15) is 22.4 Å². The van der Waals surface area contributed by atoms with Gasteiger partial charge in [0, 0.05) is 27.1 Å². The highest BCUT2D eigenvalue weighted by molar-refractivity contribution is 9.10. The first-order chi connectivity index (χ1) is 7.52. The Balaban J connectivity index is 2.49. The lowest BCUT2D eigenvalue weighted by atomic mass is 10.4. The van der Waals surface area contributed by atoms with Crippen molar-refractivity contribution >= 4 is 33.5 Å². The van der Waals surface area contributed by atoms with Crippen LogP contribution in [-0.2, 0) is 4.79 Å². The van der Waals surface area contributed by atoms with Crippen LogP contribution >= 0.6 is 15.9 Å². The molecule has 0 aliphatic rings. The van der Waals surface area contributed by atoms with Gasteiger partial charge < -0.3 is 16.0 Å². The fourth-order valence-corrected chi connectivity index (χ4v) is 1.36. The molecule has 6 nitrogen and oxygen atoms in total. The van der Waals surface area contributed by atoms with Crippen LogP contribution in [0.25, 0.3) is 0 Å². The molecular weight excluding hydrogens is 274 g/mol. The maximum atomic E-state index is 11.3. The van der Waals surface area contributed by atoms with Gasteiger partial charge in [0.15, 0.2) is 0 Å². The molecule has 1 aromatic rings. The summed E-state index contributed by atoms with van der Waals surface area (Å²) < 4.78 is 0.618. The minimum Gasteiger partial charge on any atom is -0.383 e. The van der Waals surface area contributed by atoms with Crippen molar-refractivity contribution in [3.63, 3.8) is 0 Å². The third-order valence-corrected chi connectivity index (χ3v) is 2.73. The number of aromatic nitrogens is 2. The lowest BCUT2D eigenvalue weighted by Crippen LogP contribution is -2.24. The third-order valence-electron chi connectivity index (χ3n) is 1.95. The SMILES string of the molecule is CN(C)C(=O)CCNc1ncnc(N)c1Br. The molecular formula is C9H14BrN5O. The van der Waals surface area contributed by atoms with Crippen LogP contribution in [0.15, 0.2) is 10.8 Å². The zero-order valence-corrected chi connectivity index (χ0v) is 10.8. The Morgan fingerprint density at radius 3 is 2.88 bits per heavy atom. The van der Waals surface area contributed by atoms with Crippen LogP contribution in [-0.4, -0.2) is 41.4 Å². The molecule has 0 radical (unpaired) electrons. The van der Waals surface area contributed by atoms with Crippen molar-refractivity contribution in [1.29, 1.82) is 0 Å². The Bertz CT molecular complexity index is 382. The molecule has 0 spiro atoms. The summed E-state index contributed by atoms with van der Waals surface area (Å²) in [5.74, 6) is 1.03. The van der Waals surface area contributed by atoms with E-state index < -0.39 is 0 Å². The predicted molar refractivity (Wildman–Crippen MR) is 65.9 cm³/mol. The average molecular weight is 288 g/mol. The molecule has 1 rings (SSSR count). The van der Waals surface area contributed by atoms with Crippen LogP contribution in [0.1, 0.15) is 6.42 Å². The standard InChI is InChI=1S/C9H14BrN5O/c1-15(2)6(16)3-4-12-9-7(10)8(11)13-5-14-9/h5H,3-4H2,1-2H3,(H3,11,12,13,14). The minimum atomic E-state index is 0.0608. The van der Waals surface area contributed by atoms with Gasteiger partial charge in [0.05, 0.1) is 0 Å². The van der Waals surface area contributed by atoms with Crippen molar-refractivity contribution in [2.75, 3.05) is 31.7 Å². The summed E-state index contributed by atoms with van der Waals surface area (Å²) in [6.45, 7) is 0.506. The van der Waals surface area contributed by atoms with E-state index in [-0.39, 0.29) is 5.91 Å². The number of hydrogen-bond acceptors (Lipinski definition) is 5. The van der Waals surface area contributed by atoms with Gasteiger partial charge in [-0.15, -0.1) is 0 Å². The molecule has 0 unspecified atom stereocenters. The number of hydrogen-bond donors (Lipinski definition) is 2. The van der Waals surface area contributed by atoms with Gasteiger partial charge in [-0.3, -0.25) is 4.79 Å². The zero-order chi connectivity index (χ0) is 12.1. The summed E-state index contributed by atoms with van der Waals surface area (Å²) in [5.41, 5.74) is 5.59. The summed E-state index contributed by atoms with van der Waals surface area (Å²) in [4.78, 5) is 20.7. The van der Waals surface area contributed by atoms with Crippen molar-refractivity contribution in [3.8, 4) is 0 Å². The number of carbonyl (C=O) groups is 1. The van der Waals surface area contributed by atoms with E-state index in [0.29, 0.717) is 29.1 Å². The molecule has 0 atom stereocenters. The van der Waals surface area contributed by atoms with Gasteiger partial charge in [0.25, 0.3) is 0 Å². The summed E-state index contributed by atoms with van der Waals surface area (Å²) in [6, 6.07) is 0. The first-order valence-corrected chi connectivity index (χ1v) is 5.51. The molecule has 88 valence electrons. The Morgan fingerprint density at radius 2 is 2.25 bits per heavy atom. The fourth-order valence-electron chi connectivity index (χ4n) is 1.02. The fraction of sp³-hybridized carbons (Fsp3) is 0.444. The summed E-state index contributed by atoms with van der Waals surface area (Å²) >= 11 is 3.27. The first kappa shape index (κ1) is 12.7. The average Bonchev–Trinajstić information content (AvgIpc) is 2.24. The van der Waals surface area contributed by atoms with Gasteiger partial charge in [0.2, 0.25) is 5.91 Å². The highest BCUT2D eigenvalue weighted by Gasteiger charge is 2.07. The number of rotatable bonds is 4. The van der Waals surface area contributed by atoms with Crippen LogP contribution in [0.4, 0.5) is 11.6 Å². The van der Waals surface area contributed by atoms with E-state index in [2.05, 4.69) is 31.2 Å². The maximum absolute atomic E-state index is 11.3. The van der Waals surface area contributed by atoms with Gasteiger partial charge in [-0.25, -0.2) is 9.97 Å². The molecule has 0 aliphatic carbocycles. The second-order valence-electron chi connectivity index (χ2n) is 3.39. The molecule has 1 heterocycles. The summed E-state index contributed by atoms with van der Waals surface area (Å²) in [5, 5.41) is 3.01. The van der Waals surface area contributed by atoms with Gasteiger partial charge >= 0.3 is 0 Å². The molecule has 1 aromatic heterocycles. The molecule has 1 amide bonds. The van der Waals surface area contributed by atoms with Crippen molar-refractivity contribution < 1.29 is 4.79 Å². The quantitative estimate of drug-likeness (QED) is 0.852. The first-order valence-electron chi connectivity index (χ1n) is 4.72. The molecule has 0 fully saturated rings. The van der Waals surface area contributed by atoms with Crippen LogP contribution in [0.5, 0.6) is 0 Å². The minimum absolute atomic E-state index is 0.0608. The third kappa shape index (κ3) is 3.34. The van der Waals surface area contributed by atoms with Gasteiger partial charge in [-0.1, -0.05) is 0 Å². The Kier molecular flexibility index (Phi) is 4.48. The molecule has 7 heteroatoms. The van der Waals surface area contributed by atoms with Gasteiger partial charge in [-0.05, 0) is 15.9 Å². The number of nitrogen functional groups attached to an aromatic ring is 1. The van der Waals surface area contributed by atoms with Crippen molar-refractivity contribution in [3.05, 3.63) is 10.8 Å². The van der Waals surface area contributed by atoms with E-state index in [4.69, 9.17) is 5.73 Å². The van der Waals surface area contributed by atoms with E-state index in [9.17, 15) is 4.79 Å².